The Hall–Kier alpha value is -1.89. The van der Waals surface area contributed by atoms with Crippen LogP contribution in [0.1, 0.15) is 5.82 Å². The van der Waals surface area contributed by atoms with Crippen molar-refractivity contribution in [1.82, 2.24) is 9.55 Å². The fourth-order valence-electron chi connectivity index (χ4n) is 1.11. The molecule has 1 aromatic rings. The van der Waals surface area contributed by atoms with E-state index in [1.807, 2.05) is 0 Å². The Kier molecular flexibility index (Phi) is 4.46. The molecule has 0 fully saturated rings. The summed E-state index contributed by atoms with van der Waals surface area (Å²) in [5.74, 6) is -0.402. The number of nitrogens with zero attached hydrogens (tertiary/aromatic N) is 3. The molecule has 7 nitrogen and oxygen atoms in total. The van der Waals surface area contributed by atoms with E-state index in [0.717, 1.165) is 6.40 Å². The molecule has 0 aliphatic heterocycles. The lowest BCUT2D eigenvalue weighted by atomic mass is 10.2. The number of rotatable bonds is 6. The smallest absolute Gasteiger partial charge is 0.329 e. The summed E-state index contributed by atoms with van der Waals surface area (Å²) in [6.45, 7) is 0. The Balaban J connectivity index is 2.65. The largest absolute Gasteiger partial charge is 0.480 e. The van der Waals surface area contributed by atoms with Crippen LogP contribution in [-0.2, 0) is 28.0 Å². The zero-order chi connectivity index (χ0) is 12.0. The minimum atomic E-state index is -1.04. The molecule has 1 N–H and O–H groups in total. The van der Waals surface area contributed by atoms with Gasteiger partial charge in [0.15, 0.2) is 6.04 Å². The molecule has 1 rings (SSSR count). The second kappa shape index (κ2) is 5.86. The van der Waals surface area contributed by atoms with Crippen molar-refractivity contribution in [2.45, 2.75) is 12.5 Å². The molecule has 0 saturated heterocycles. The number of carboxylic acid groups (broad SMARTS) is 1. The third kappa shape index (κ3) is 3.35. The lowest BCUT2D eigenvalue weighted by Gasteiger charge is -2.06. The molecule has 0 amide bonds. The average molecular weight is 227 g/mol. The number of aryl methyl sites for hydroxylation is 1. The molecule has 0 unspecified atom stereocenters. The van der Waals surface area contributed by atoms with Crippen LogP contribution in [0.5, 0.6) is 0 Å². The molecule has 16 heavy (non-hydrogen) atoms. The molecule has 1 aromatic heterocycles. The lowest BCUT2D eigenvalue weighted by molar-refractivity contribution is -0.188. The molecule has 0 aromatic carbocycles. The first-order valence-corrected chi connectivity index (χ1v) is 4.55. The van der Waals surface area contributed by atoms with Gasteiger partial charge in [0.1, 0.15) is 5.82 Å². The molecule has 0 spiro atoms. The van der Waals surface area contributed by atoms with Gasteiger partial charge in [-0.3, -0.25) is 0 Å². The fraction of sp³-hybridized carbons (Fsp3) is 0.444. The first-order chi connectivity index (χ1) is 7.65. The third-order valence-corrected chi connectivity index (χ3v) is 1.96. The number of imidazole rings is 1. The Morgan fingerprint density at radius 3 is 3.06 bits per heavy atom. The van der Waals surface area contributed by atoms with Gasteiger partial charge < -0.3 is 14.6 Å². The van der Waals surface area contributed by atoms with E-state index in [4.69, 9.17) is 5.11 Å². The van der Waals surface area contributed by atoms with Gasteiger partial charge in [-0.05, 0) is 0 Å². The number of aliphatic carboxylic acids is 1. The van der Waals surface area contributed by atoms with Crippen molar-refractivity contribution in [2.24, 2.45) is 12.0 Å². The molecule has 1 heterocycles. The Bertz CT molecular complexity index is 375. The number of aromatic nitrogens is 2. The van der Waals surface area contributed by atoms with Crippen molar-refractivity contribution in [3.63, 3.8) is 0 Å². The van der Waals surface area contributed by atoms with E-state index < -0.39 is 12.0 Å². The number of hydrogen-bond donors (Lipinski definition) is 1. The predicted octanol–water partition coefficient (Wildman–Crippen LogP) is 0.0221. The number of aliphatic imine (C=N–C) groups is 1. The molecule has 0 radical (unpaired) electrons. The standard InChI is InChI=1S/C9H13N3O4/c1-12-4-3-10-8(12)5-7(9(13)14)11-6-16-15-2/h3-4,6-7H,5H2,1-2H3,(H,13,14)/t7-/m0/s1. The van der Waals surface area contributed by atoms with Crippen LogP contribution < -0.4 is 0 Å². The zero-order valence-corrected chi connectivity index (χ0v) is 9.03. The monoisotopic (exact) mass is 227 g/mol. The van der Waals surface area contributed by atoms with Gasteiger partial charge in [-0.2, -0.15) is 4.89 Å². The van der Waals surface area contributed by atoms with Crippen molar-refractivity contribution in [2.75, 3.05) is 7.11 Å². The first kappa shape index (κ1) is 12.2. The second-order valence-corrected chi connectivity index (χ2v) is 3.03. The maximum Gasteiger partial charge on any atom is 0.329 e. The van der Waals surface area contributed by atoms with E-state index in [9.17, 15) is 4.79 Å². The van der Waals surface area contributed by atoms with E-state index in [1.54, 1.807) is 24.0 Å². The third-order valence-electron chi connectivity index (χ3n) is 1.96. The van der Waals surface area contributed by atoms with Crippen LogP contribution in [0.2, 0.25) is 0 Å². The molecule has 0 aliphatic rings. The van der Waals surface area contributed by atoms with E-state index >= 15 is 0 Å². The van der Waals surface area contributed by atoms with E-state index in [2.05, 4.69) is 19.8 Å². The Morgan fingerprint density at radius 2 is 2.56 bits per heavy atom. The molecule has 88 valence electrons. The highest BCUT2D eigenvalue weighted by atomic mass is 17.2. The molecule has 0 aliphatic carbocycles. The highest BCUT2D eigenvalue weighted by molar-refractivity contribution is 5.75. The number of hydrogen-bond acceptors (Lipinski definition) is 5. The number of carboxylic acids is 1. The number of carbonyl (C=O) groups is 1. The van der Waals surface area contributed by atoms with Crippen molar-refractivity contribution >= 4 is 12.4 Å². The summed E-state index contributed by atoms with van der Waals surface area (Å²) in [5.41, 5.74) is 0. The van der Waals surface area contributed by atoms with Gasteiger partial charge in [-0.15, -0.1) is 0 Å². The summed E-state index contributed by atoms with van der Waals surface area (Å²) >= 11 is 0. The molecule has 0 saturated carbocycles. The summed E-state index contributed by atoms with van der Waals surface area (Å²) in [7, 11) is 3.09. The van der Waals surface area contributed by atoms with Crippen molar-refractivity contribution in [3.8, 4) is 0 Å². The van der Waals surface area contributed by atoms with E-state index in [0.29, 0.717) is 5.82 Å². The minimum Gasteiger partial charge on any atom is -0.480 e. The van der Waals surface area contributed by atoms with Crippen LogP contribution in [0, 0.1) is 0 Å². The topological polar surface area (TPSA) is 85.9 Å². The van der Waals surface area contributed by atoms with Gasteiger partial charge in [0.05, 0.1) is 7.11 Å². The summed E-state index contributed by atoms with van der Waals surface area (Å²) < 4.78 is 1.74. The normalized spacial score (nSPS) is 12.9. The van der Waals surface area contributed by atoms with Gasteiger partial charge >= 0.3 is 5.97 Å². The highest BCUT2D eigenvalue weighted by Gasteiger charge is 2.18. The minimum absolute atomic E-state index is 0.197. The predicted molar refractivity (Wildman–Crippen MR) is 54.9 cm³/mol. The summed E-state index contributed by atoms with van der Waals surface area (Å²) in [4.78, 5) is 27.3. The summed E-state index contributed by atoms with van der Waals surface area (Å²) in [5, 5.41) is 8.92. The van der Waals surface area contributed by atoms with Gasteiger partial charge in [0, 0.05) is 25.9 Å². The van der Waals surface area contributed by atoms with Gasteiger partial charge in [0.2, 0.25) is 6.40 Å². The molecular formula is C9H13N3O4. The van der Waals surface area contributed by atoms with E-state index in [1.165, 1.54) is 7.11 Å². The van der Waals surface area contributed by atoms with Gasteiger partial charge in [-0.1, -0.05) is 0 Å². The van der Waals surface area contributed by atoms with Crippen molar-refractivity contribution < 1.29 is 19.7 Å². The maximum absolute atomic E-state index is 10.9. The van der Waals surface area contributed by atoms with Crippen LogP contribution >= 0.6 is 0 Å². The van der Waals surface area contributed by atoms with E-state index in [-0.39, 0.29) is 6.42 Å². The molecule has 0 bridgehead atoms. The van der Waals surface area contributed by atoms with Crippen molar-refractivity contribution in [3.05, 3.63) is 18.2 Å². The first-order valence-electron chi connectivity index (χ1n) is 4.55. The summed E-state index contributed by atoms with van der Waals surface area (Å²) in [6, 6.07) is -0.934. The molecule has 1 atom stereocenters. The quantitative estimate of drug-likeness (QED) is 0.320. The second-order valence-electron chi connectivity index (χ2n) is 3.03. The lowest BCUT2D eigenvalue weighted by Crippen LogP contribution is -2.22. The zero-order valence-electron chi connectivity index (χ0n) is 9.03. The highest BCUT2D eigenvalue weighted by Crippen LogP contribution is 2.03. The summed E-state index contributed by atoms with van der Waals surface area (Å²) in [6.07, 6.45) is 4.50. The SMILES string of the molecule is COOC=N[C@@H](Cc1nccn1C)C(=O)O. The molecule has 7 heteroatoms. The van der Waals surface area contributed by atoms with Crippen LogP contribution in [0.4, 0.5) is 0 Å². The maximum atomic E-state index is 10.9. The fourth-order valence-corrected chi connectivity index (χ4v) is 1.11. The van der Waals surface area contributed by atoms with Crippen LogP contribution in [0.25, 0.3) is 0 Å². The van der Waals surface area contributed by atoms with Crippen LogP contribution in [-0.4, -0.2) is 40.2 Å². The van der Waals surface area contributed by atoms with Crippen LogP contribution in [0.15, 0.2) is 17.4 Å². The average Bonchev–Trinajstić information content (AvgIpc) is 2.63. The van der Waals surface area contributed by atoms with Crippen LogP contribution in [0.3, 0.4) is 0 Å². The van der Waals surface area contributed by atoms with Gasteiger partial charge in [0.25, 0.3) is 0 Å². The molecular weight excluding hydrogens is 214 g/mol. The van der Waals surface area contributed by atoms with Crippen molar-refractivity contribution in [1.29, 1.82) is 0 Å². The Labute approximate surface area is 92.3 Å². The van der Waals surface area contributed by atoms with Gasteiger partial charge in [-0.25, -0.2) is 14.8 Å². The Morgan fingerprint density at radius 1 is 1.81 bits per heavy atom.